The first kappa shape index (κ1) is 12.7. The summed E-state index contributed by atoms with van der Waals surface area (Å²) < 4.78 is 1.09. The predicted molar refractivity (Wildman–Crippen MR) is 68.0 cm³/mol. The van der Waals surface area contributed by atoms with E-state index in [1.54, 1.807) is 11.3 Å². The summed E-state index contributed by atoms with van der Waals surface area (Å²) in [4.78, 5) is 2.30. The standard InChI is InChI=1S/C11H15BrN2S/c1-4-7(2)14-10(6-13)11-5-9(12)8(3)15-11/h5,7,10,14H,4H2,1-3H3. The topological polar surface area (TPSA) is 35.8 Å². The molecule has 0 aliphatic heterocycles. The molecule has 1 aromatic heterocycles. The molecule has 0 aliphatic rings. The van der Waals surface area contributed by atoms with Gasteiger partial charge in [0.15, 0.2) is 0 Å². The average Bonchev–Trinajstić information content (AvgIpc) is 2.55. The Hall–Kier alpha value is -0.370. The molecule has 0 bridgehead atoms. The molecule has 1 N–H and O–H groups in total. The summed E-state index contributed by atoms with van der Waals surface area (Å²) in [5.41, 5.74) is 0. The number of hydrogen-bond acceptors (Lipinski definition) is 3. The molecule has 0 aromatic carbocycles. The van der Waals surface area contributed by atoms with E-state index in [1.165, 1.54) is 4.88 Å². The molecule has 2 nitrogen and oxygen atoms in total. The van der Waals surface area contributed by atoms with Gasteiger partial charge in [-0.2, -0.15) is 5.26 Å². The first-order valence-corrected chi connectivity index (χ1v) is 6.61. The molecule has 2 unspecified atom stereocenters. The minimum Gasteiger partial charge on any atom is -0.295 e. The van der Waals surface area contributed by atoms with Gasteiger partial charge in [-0.15, -0.1) is 11.3 Å². The molecule has 82 valence electrons. The summed E-state index contributed by atoms with van der Waals surface area (Å²) in [6.07, 6.45) is 1.03. The molecule has 1 aromatic rings. The van der Waals surface area contributed by atoms with Crippen molar-refractivity contribution in [2.24, 2.45) is 0 Å². The first-order valence-electron chi connectivity index (χ1n) is 5.00. The maximum atomic E-state index is 9.10. The van der Waals surface area contributed by atoms with Gasteiger partial charge in [0.2, 0.25) is 0 Å². The van der Waals surface area contributed by atoms with Gasteiger partial charge in [0.1, 0.15) is 6.04 Å². The third kappa shape index (κ3) is 3.30. The lowest BCUT2D eigenvalue weighted by atomic mass is 10.2. The van der Waals surface area contributed by atoms with Crippen molar-refractivity contribution in [3.8, 4) is 6.07 Å². The van der Waals surface area contributed by atoms with Crippen molar-refractivity contribution >= 4 is 27.3 Å². The second kappa shape index (κ2) is 5.64. The minimum atomic E-state index is -0.185. The van der Waals surface area contributed by atoms with Gasteiger partial charge >= 0.3 is 0 Å². The molecular weight excluding hydrogens is 272 g/mol. The quantitative estimate of drug-likeness (QED) is 0.915. The van der Waals surface area contributed by atoms with E-state index in [0.717, 1.165) is 15.8 Å². The molecule has 0 spiro atoms. The molecule has 1 heterocycles. The van der Waals surface area contributed by atoms with Gasteiger partial charge in [0.05, 0.1) is 6.07 Å². The Bertz CT molecular complexity index is 348. The predicted octanol–water partition coefficient (Wildman–Crippen LogP) is 3.77. The molecular formula is C11H15BrN2S. The Morgan fingerprint density at radius 3 is 2.73 bits per heavy atom. The summed E-state index contributed by atoms with van der Waals surface area (Å²) in [6, 6.07) is 4.52. The summed E-state index contributed by atoms with van der Waals surface area (Å²) in [6.45, 7) is 6.26. The van der Waals surface area contributed by atoms with E-state index in [0.29, 0.717) is 6.04 Å². The van der Waals surface area contributed by atoms with Crippen LogP contribution in [-0.2, 0) is 0 Å². The molecule has 0 amide bonds. The lowest BCUT2D eigenvalue weighted by Gasteiger charge is -2.15. The van der Waals surface area contributed by atoms with Crippen molar-refractivity contribution in [1.82, 2.24) is 5.32 Å². The molecule has 0 radical (unpaired) electrons. The second-order valence-electron chi connectivity index (χ2n) is 3.59. The zero-order chi connectivity index (χ0) is 11.4. The third-order valence-corrected chi connectivity index (χ3v) is 4.55. The van der Waals surface area contributed by atoms with E-state index in [-0.39, 0.29) is 6.04 Å². The smallest absolute Gasteiger partial charge is 0.130 e. The minimum absolute atomic E-state index is 0.185. The fourth-order valence-electron chi connectivity index (χ4n) is 1.21. The zero-order valence-electron chi connectivity index (χ0n) is 9.17. The van der Waals surface area contributed by atoms with Crippen LogP contribution in [0.3, 0.4) is 0 Å². The van der Waals surface area contributed by atoms with Crippen LogP contribution in [0.15, 0.2) is 10.5 Å². The van der Waals surface area contributed by atoms with Crippen molar-refractivity contribution in [2.75, 3.05) is 0 Å². The first-order chi connectivity index (χ1) is 7.08. The fourth-order valence-corrected chi connectivity index (χ4v) is 2.78. The Morgan fingerprint density at radius 1 is 1.67 bits per heavy atom. The van der Waals surface area contributed by atoms with Crippen LogP contribution in [-0.4, -0.2) is 6.04 Å². The van der Waals surface area contributed by atoms with Crippen LogP contribution in [0.5, 0.6) is 0 Å². The van der Waals surface area contributed by atoms with E-state index >= 15 is 0 Å². The highest BCUT2D eigenvalue weighted by Gasteiger charge is 2.15. The largest absolute Gasteiger partial charge is 0.295 e. The Morgan fingerprint density at radius 2 is 2.33 bits per heavy atom. The normalized spacial score (nSPS) is 14.6. The second-order valence-corrected chi connectivity index (χ2v) is 5.73. The van der Waals surface area contributed by atoms with Gasteiger partial charge in [-0.25, -0.2) is 0 Å². The lowest BCUT2D eigenvalue weighted by molar-refractivity contribution is 0.505. The SMILES string of the molecule is CCC(C)NC(C#N)c1cc(Br)c(C)s1. The Kier molecular flexibility index (Phi) is 4.78. The van der Waals surface area contributed by atoms with Crippen LogP contribution in [0.1, 0.15) is 36.1 Å². The summed E-state index contributed by atoms with van der Waals surface area (Å²) >= 11 is 5.14. The molecule has 15 heavy (non-hydrogen) atoms. The van der Waals surface area contributed by atoms with Crippen LogP contribution < -0.4 is 5.32 Å². The molecule has 0 saturated carbocycles. The summed E-state index contributed by atoms with van der Waals surface area (Å²) in [5, 5.41) is 12.4. The van der Waals surface area contributed by atoms with Gasteiger partial charge in [-0.1, -0.05) is 6.92 Å². The highest BCUT2D eigenvalue weighted by Crippen LogP contribution is 2.30. The number of nitriles is 1. The lowest BCUT2D eigenvalue weighted by Crippen LogP contribution is -2.28. The van der Waals surface area contributed by atoms with Gasteiger partial charge in [-0.3, -0.25) is 5.32 Å². The van der Waals surface area contributed by atoms with Crippen molar-refractivity contribution < 1.29 is 0 Å². The van der Waals surface area contributed by atoms with E-state index in [2.05, 4.69) is 48.1 Å². The number of halogens is 1. The van der Waals surface area contributed by atoms with Crippen LogP contribution in [0, 0.1) is 18.3 Å². The van der Waals surface area contributed by atoms with Crippen LogP contribution in [0.4, 0.5) is 0 Å². The Labute approximate surface area is 103 Å². The number of hydrogen-bond donors (Lipinski definition) is 1. The van der Waals surface area contributed by atoms with E-state index in [1.807, 2.05) is 6.07 Å². The maximum Gasteiger partial charge on any atom is 0.130 e. The molecule has 0 fully saturated rings. The van der Waals surface area contributed by atoms with Crippen LogP contribution in [0.2, 0.25) is 0 Å². The van der Waals surface area contributed by atoms with Crippen molar-refractivity contribution in [1.29, 1.82) is 5.26 Å². The molecule has 4 heteroatoms. The zero-order valence-corrected chi connectivity index (χ0v) is 11.6. The fraction of sp³-hybridized carbons (Fsp3) is 0.545. The third-order valence-electron chi connectivity index (χ3n) is 2.35. The van der Waals surface area contributed by atoms with E-state index in [4.69, 9.17) is 5.26 Å². The molecule has 0 saturated heterocycles. The number of aryl methyl sites for hydroxylation is 1. The molecule has 1 rings (SSSR count). The van der Waals surface area contributed by atoms with E-state index in [9.17, 15) is 0 Å². The van der Waals surface area contributed by atoms with Crippen molar-refractivity contribution in [2.45, 2.75) is 39.3 Å². The van der Waals surface area contributed by atoms with Gasteiger partial charge in [0.25, 0.3) is 0 Å². The van der Waals surface area contributed by atoms with Crippen LogP contribution >= 0.6 is 27.3 Å². The highest BCUT2D eigenvalue weighted by atomic mass is 79.9. The van der Waals surface area contributed by atoms with Gasteiger partial charge in [-0.05, 0) is 42.3 Å². The average molecular weight is 287 g/mol. The summed E-state index contributed by atoms with van der Waals surface area (Å²) in [5.74, 6) is 0. The monoisotopic (exact) mass is 286 g/mol. The summed E-state index contributed by atoms with van der Waals surface area (Å²) in [7, 11) is 0. The van der Waals surface area contributed by atoms with Gasteiger partial charge in [0, 0.05) is 20.3 Å². The highest BCUT2D eigenvalue weighted by molar-refractivity contribution is 9.10. The molecule has 0 aliphatic carbocycles. The number of thiophene rings is 1. The van der Waals surface area contributed by atoms with Crippen LogP contribution in [0.25, 0.3) is 0 Å². The van der Waals surface area contributed by atoms with Crippen molar-refractivity contribution in [3.63, 3.8) is 0 Å². The van der Waals surface area contributed by atoms with Crippen molar-refractivity contribution in [3.05, 3.63) is 20.3 Å². The maximum absolute atomic E-state index is 9.10. The molecule has 2 atom stereocenters. The number of nitrogens with zero attached hydrogens (tertiary/aromatic N) is 1. The number of rotatable bonds is 4. The van der Waals surface area contributed by atoms with Gasteiger partial charge < -0.3 is 0 Å². The Balaban J connectivity index is 2.80. The number of nitrogens with one attached hydrogen (secondary N) is 1. The van der Waals surface area contributed by atoms with E-state index < -0.39 is 0 Å².